The standard InChI is InChI=1S/C31H22F3N3O5S/c1-35-30(38)27-20-14-19(17-12-21(28(34)22(33)13-17)31-36-23-6-4-5-7-25(23)42-31)24(37(2)43(3,39)40)15-26(20)41-29(27)16-8-10-18(32)11-9-16/h4-15H,1-3H3,(H,35,38). The zero-order valence-corrected chi connectivity index (χ0v) is 23.7. The lowest BCUT2D eigenvalue weighted by atomic mass is 9.97. The lowest BCUT2D eigenvalue weighted by Gasteiger charge is -2.21. The molecule has 0 unspecified atom stereocenters. The highest BCUT2D eigenvalue weighted by atomic mass is 32.2. The quantitative estimate of drug-likeness (QED) is 0.225. The van der Waals surface area contributed by atoms with Crippen LogP contribution in [0.3, 0.4) is 0 Å². The molecule has 4 aromatic carbocycles. The Balaban J connectivity index is 1.65. The van der Waals surface area contributed by atoms with Crippen molar-refractivity contribution >= 4 is 43.7 Å². The summed E-state index contributed by atoms with van der Waals surface area (Å²) in [4.78, 5) is 17.4. The highest BCUT2D eigenvalue weighted by Gasteiger charge is 2.27. The van der Waals surface area contributed by atoms with Crippen molar-refractivity contribution in [1.82, 2.24) is 10.3 Å². The lowest BCUT2D eigenvalue weighted by Crippen LogP contribution is -2.25. The number of fused-ring (bicyclic) bond motifs is 2. The van der Waals surface area contributed by atoms with E-state index in [4.69, 9.17) is 8.83 Å². The van der Waals surface area contributed by atoms with Crippen molar-refractivity contribution in [3.63, 3.8) is 0 Å². The number of aromatic nitrogens is 1. The Morgan fingerprint density at radius 1 is 0.884 bits per heavy atom. The van der Waals surface area contributed by atoms with Gasteiger partial charge in [-0.05, 0) is 60.2 Å². The normalized spacial score (nSPS) is 11.8. The van der Waals surface area contributed by atoms with Gasteiger partial charge in [-0.2, -0.15) is 0 Å². The summed E-state index contributed by atoms with van der Waals surface area (Å²) in [5.41, 5.74) is 1.41. The monoisotopic (exact) mass is 605 g/mol. The molecule has 0 spiro atoms. The second kappa shape index (κ2) is 10.3. The Bertz CT molecular complexity index is 2140. The minimum Gasteiger partial charge on any atom is -0.455 e. The number of nitrogens with zero attached hydrogens (tertiary/aromatic N) is 2. The number of carbonyl (C=O) groups excluding carboxylic acids is 1. The van der Waals surface area contributed by atoms with Crippen LogP contribution >= 0.6 is 0 Å². The van der Waals surface area contributed by atoms with Crippen molar-refractivity contribution in [3.8, 4) is 33.9 Å². The van der Waals surface area contributed by atoms with Crippen molar-refractivity contribution in [2.24, 2.45) is 0 Å². The number of benzene rings is 4. The van der Waals surface area contributed by atoms with E-state index in [-0.39, 0.29) is 50.6 Å². The molecule has 6 rings (SSSR count). The first-order valence-corrected chi connectivity index (χ1v) is 14.7. The number of hydrogen-bond donors (Lipinski definition) is 1. The van der Waals surface area contributed by atoms with E-state index in [0.29, 0.717) is 16.7 Å². The van der Waals surface area contributed by atoms with Crippen LogP contribution in [0.2, 0.25) is 0 Å². The molecule has 0 aliphatic rings. The number of nitrogens with one attached hydrogen (secondary N) is 1. The van der Waals surface area contributed by atoms with Crippen molar-refractivity contribution in [2.45, 2.75) is 0 Å². The molecule has 0 atom stereocenters. The molecule has 1 amide bonds. The molecule has 218 valence electrons. The number of amides is 1. The first-order chi connectivity index (χ1) is 20.5. The summed E-state index contributed by atoms with van der Waals surface area (Å²) in [6.07, 6.45) is 0.984. The summed E-state index contributed by atoms with van der Waals surface area (Å²) in [6.45, 7) is 0. The maximum Gasteiger partial charge on any atom is 0.255 e. The number of hydrogen-bond acceptors (Lipinski definition) is 6. The van der Waals surface area contributed by atoms with Gasteiger partial charge in [0.2, 0.25) is 15.9 Å². The van der Waals surface area contributed by atoms with Crippen molar-refractivity contribution in [1.29, 1.82) is 0 Å². The number of furan rings is 1. The molecule has 0 saturated heterocycles. The molecule has 0 aliphatic carbocycles. The van der Waals surface area contributed by atoms with Crippen molar-refractivity contribution in [2.75, 3.05) is 24.7 Å². The Kier molecular flexibility index (Phi) is 6.73. The van der Waals surface area contributed by atoms with E-state index in [1.165, 1.54) is 56.6 Å². The van der Waals surface area contributed by atoms with Crippen LogP contribution in [0.25, 0.3) is 56.0 Å². The second-order valence-electron chi connectivity index (χ2n) is 9.79. The zero-order chi connectivity index (χ0) is 30.6. The third-order valence-corrected chi connectivity index (χ3v) is 8.26. The predicted molar refractivity (Wildman–Crippen MR) is 157 cm³/mol. The molecule has 8 nitrogen and oxygen atoms in total. The summed E-state index contributed by atoms with van der Waals surface area (Å²) in [5.74, 6) is -3.53. The summed E-state index contributed by atoms with van der Waals surface area (Å²) >= 11 is 0. The molecule has 0 aliphatic heterocycles. The van der Waals surface area contributed by atoms with Gasteiger partial charge in [-0.25, -0.2) is 26.6 Å². The van der Waals surface area contributed by atoms with Gasteiger partial charge >= 0.3 is 0 Å². The molecule has 43 heavy (non-hydrogen) atoms. The van der Waals surface area contributed by atoms with Gasteiger partial charge in [-0.15, -0.1) is 0 Å². The van der Waals surface area contributed by atoms with E-state index in [1.54, 1.807) is 24.3 Å². The maximum absolute atomic E-state index is 15.2. The average Bonchev–Trinajstić information content (AvgIpc) is 3.58. The van der Waals surface area contributed by atoms with Crippen LogP contribution < -0.4 is 9.62 Å². The van der Waals surface area contributed by atoms with E-state index in [1.807, 2.05) is 0 Å². The molecule has 2 aromatic heterocycles. The van der Waals surface area contributed by atoms with Gasteiger partial charge in [0, 0.05) is 36.7 Å². The van der Waals surface area contributed by atoms with E-state index < -0.39 is 33.4 Å². The Morgan fingerprint density at radius 3 is 2.28 bits per heavy atom. The first kappa shape index (κ1) is 28.0. The molecule has 12 heteroatoms. The fourth-order valence-electron chi connectivity index (χ4n) is 4.85. The van der Waals surface area contributed by atoms with E-state index in [2.05, 4.69) is 10.3 Å². The molecular formula is C31H22F3N3O5S. The number of oxazole rings is 1. The predicted octanol–water partition coefficient (Wildman–Crippen LogP) is 6.75. The number of para-hydroxylation sites is 2. The van der Waals surface area contributed by atoms with Crippen LogP contribution in [-0.4, -0.2) is 39.7 Å². The third-order valence-electron chi connectivity index (χ3n) is 7.07. The Labute approximate surface area is 243 Å². The minimum absolute atomic E-state index is 0.0624. The van der Waals surface area contributed by atoms with Crippen LogP contribution in [-0.2, 0) is 10.0 Å². The van der Waals surface area contributed by atoms with Crippen LogP contribution in [0.1, 0.15) is 10.4 Å². The molecule has 0 saturated carbocycles. The maximum atomic E-state index is 15.2. The molecule has 2 heterocycles. The van der Waals surface area contributed by atoms with Crippen molar-refractivity contribution in [3.05, 3.63) is 95.8 Å². The largest absolute Gasteiger partial charge is 0.455 e. The van der Waals surface area contributed by atoms with E-state index in [9.17, 15) is 17.6 Å². The number of halogens is 3. The van der Waals surface area contributed by atoms with Gasteiger partial charge in [0.1, 0.15) is 22.7 Å². The number of anilines is 1. The SMILES string of the molecule is CNC(=O)c1c(-c2ccc(F)cc2)oc2cc(N(C)S(C)(=O)=O)c(-c3cc(F)c(F)c(-c4nc5ccccc5o4)c3)cc12. The highest BCUT2D eigenvalue weighted by Crippen LogP contribution is 2.43. The number of sulfonamides is 1. The molecular weight excluding hydrogens is 583 g/mol. The van der Waals surface area contributed by atoms with Gasteiger partial charge in [0.25, 0.3) is 5.91 Å². The van der Waals surface area contributed by atoms with Crippen LogP contribution in [0.4, 0.5) is 18.9 Å². The molecule has 0 fully saturated rings. The smallest absolute Gasteiger partial charge is 0.255 e. The topological polar surface area (TPSA) is 106 Å². The van der Waals surface area contributed by atoms with Gasteiger partial charge in [-0.1, -0.05) is 12.1 Å². The van der Waals surface area contributed by atoms with Crippen LogP contribution in [0.5, 0.6) is 0 Å². The molecule has 6 aromatic rings. The summed E-state index contributed by atoms with van der Waals surface area (Å²) in [7, 11) is -1.14. The zero-order valence-electron chi connectivity index (χ0n) is 22.9. The van der Waals surface area contributed by atoms with Gasteiger partial charge in [0.15, 0.2) is 17.2 Å². The van der Waals surface area contributed by atoms with Gasteiger partial charge in [-0.3, -0.25) is 9.10 Å². The summed E-state index contributed by atoms with van der Waals surface area (Å²) < 4.78 is 82.1. The second-order valence-corrected chi connectivity index (χ2v) is 11.8. The molecule has 0 radical (unpaired) electrons. The van der Waals surface area contributed by atoms with E-state index >= 15 is 8.78 Å². The number of carbonyl (C=O) groups is 1. The Hall–Kier alpha value is -5.10. The number of rotatable bonds is 6. The highest BCUT2D eigenvalue weighted by molar-refractivity contribution is 7.92. The van der Waals surface area contributed by atoms with Gasteiger partial charge in [0.05, 0.1) is 23.1 Å². The van der Waals surface area contributed by atoms with Crippen LogP contribution in [0.15, 0.2) is 81.6 Å². The van der Waals surface area contributed by atoms with Crippen LogP contribution in [0, 0.1) is 17.5 Å². The lowest BCUT2D eigenvalue weighted by molar-refractivity contribution is 0.0964. The average molecular weight is 606 g/mol. The van der Waals surface area contributed by atoms with Crippen molar-refractivity contribution < 1.29 is 35.2 Å². The van der Waals surface area contributed by atoms with Gasteiger partial charge < -0.3 is 14.2 Å². The fourth-order valence-corrected chi connectivity index (χ4v) is 5.35. The summed E-state index contributed by atoms with van der Waals surface area (Å²) in [5, 5.41) is 2.81. The minimum atomic E-state index is -3.86. The molecule has 1 N–H and O–H groups in total. The first-order valence-electron chi connectivity index (χ1n) is 12.8. The Morgan fingerprint density at radius 2 is 1.60 bits per heavy atom. The summed E-state index contributed by atoms with van der Waals surface area (Å²) in [6, 6.07) is 17.1. The fraction of sp³-hybridized carbons (Fsp3) is 0.0968. The van der Waals surface area contributed by atoms with E-state index in [0.717, 1.165) is 16.6 Å². The third kappa shape index (κ3) is 4.89. The molecule has 0 bridgehead atoms.